The summed E-state index contributed by atoms with van der Waals surface area (Å²) in [6.07, 6.45) is 1.74. The lowest BCUT2D eigenvalue weighted by Crippen LogP contribution is -2.34. The van der Waals surface area contributed by atoms with Crippen LogP contribution >= 0.6 is 11.6 Å². The van der Waals surface area contributed by atoms with Gasteiger partial charge in [-0.1, -0.05) is 41.9 Å². The second-order valence-electron chi connectivity index (χ2n) is 5.55. The first-order valence-electron chi connectivity index (χ1n) is 8.03. The number of esters is 1. The molecule has 0 aliphatic heterocycles. The third kappa shape index (κ3) is 6.56. The number of hydrogen-bond donors (Lipinski definition) is 2. The predicted molar refractivity (Wildman–Crippen MR) is 102 cm³/mol. The van der Waals surface area contributed by atoms with Crippen LogP contribution in [0.15, 0.2) is 54.4 Å². The molecule has 2 amide bonds. The van der Waals surface area contributed by atoms with Gasteiger partial charge in [0.2, 0.25) is 5.91 Å². The minimum Gasteiger partial charge on any atom is -0.448 e. The van der Waals surface area contributed by atoms with Crippen molar-refractivity contribution < 1.29 is 19.1 Å². The Morgan fingerprint density at radius 3 is 2.44 bits per heavy atom. The van der Waals surface area contributed by atoms with Crippen LogP contribution in [0.1, 0.15) is 19.4 Å². The SMILES string of the molecule is CC(=O)N/C(=C\c1ccccc1)C(=O)O[C@@H](C)C(=O)Nc1ccc(Cl)cn1. The van der Waals surface area contributed by atoms with Gasteiger partial charge in [0.1, 0.15) is 11.5 Å². The molecule has 1 aromatic carbocycles. The van der Waals surface area contributed by atoms with Crippen LogP contribution in [0.25, 0.3) is 6.08 Å². The summed E-state index contributed by atoms with van der Waals surface area (Å²) in [7, 11) is 0. The number of anilines is 1. The summed E-state index contributed by atoms with van der Waals surface area (Å²) in [6, 6.07) is 12.0. The third-order valence-corrected chi connectivity index (χ3v) is 3.50. The molecule has 0 saturated heterocycles. The number of nitrogens with one attached hydrogen (secondary N) is 2. The van der Waals surface area contributed by atoms with Crippen molar-refractivity contribution in [2.75, 3.05) is 5.32 Å². The summed E-state index contributed by atoms with van der Waals surface area (Å²) in [4.78, 5) is 39.9. The highest BCUT2D eigenvalue weighted by atomic mass is 35.5. The monoisotopic (exact) mass is 387 g/mol. The second-order valence-corrected chi connectivity index (χ2v) is 5.98. The van der Waals surface area contributed by atoms with Crippen LogP contribution in [0.3, 0.4) is 0 Å². The van der Waals surface area contributed by atoms with E-state index in [0.29, 0.717) is 10.6 Å². The zero-order valence-electron chi connectivity index (χ0n) is 14.7. The van der Waals surface area contributed by atoms with Crippen molar-refractivity contribution in [3.05, 3.63) is 64.9 Å². The van der Waals surface area contributed by atoms with Gasteiger partial charge in [-0.05, 0) is 30.7 Å². The van der Waals surface area contributed by atoms with Gasteiger partial charge in [0.05, 0.1) is 5.02 Å². The van der Waals surface area contributed by atoms with Gasteiger partial charge in [0, 0.05) is 13.1 Å². The number of carbonyl (C=O) groups is 3. The molecule has 2 N–H and O–H groups in total. The van der Waals surface area contributed by atoms with E-state index in [2.05, 4.69) is 15.6 Å². The van der Waals surface area contributed by atoms with Crippen LogP contribution < -0.4 is 10.6 Å². The van der Waals surface area contributed by atoms with Crippen molar-refractivity contribution in [1.29, 1.82) is 0 Å². The van der Waals surface area contributed by atoms with E-state index >= 15 is 0 Å². The van der Waals surface area contributed by atoms with Crippen molar-refractivity contribution in [1.82, 2.24) is 10.3 Å². The zero-order chi connectivity index (χ0) is 19.8. The number of nitrogens with zero attached hydrogens (tertiary/aromatic N) is 1. The fourth-order valence-electron chi connectivity index (χ4n) is 2.01. The molecule has 27 heavy (non-hydrogen) atoms. The number of pyridine rings is 1. The first-order valence-corrected chi connectivity index (χ1v) is 8.40. The molecule has 1 atom stereocenters. The molecule has 0 fully saturated rings. The molecule has 8 heteroatoms. The normalized spacial score (nSPS) is 12.0. The number of rotatable bonds is 6. The maximum atomic E-state index is 12.4. The molecule has 0 unspecified atom stereocenters. The molecule has 0 aliphatic carbocycles. The average Bonchev–Trinajstić information content (AvgIpc) is 2.63. The van der Waals surface area contributed by atoms with E-state index in [0.717, 1.165) is 0 Å². The lowest BCUT2D eigenvalue weighted by molar-refractivity contribution is -0.149. The fourth-order valence-corrected chi connectivity index (χ4v) is 2.12. The van der Waals surface area contributed by atoms with Crippen LogP contribution in [-0.4, -0.2) is 28.9 Å². The van der Waals surface area contributed by atoms with Gasteiger partial charge < -0.3 is 15.4 Å². The molecule has 1 aromatic heterocycles. The van der Waals surface area contributed by atoms with Gasteiger partial charge in [0.15, 0.2) is 6.10 Å². The van der Waals surface area contributed by atoms with Crippen molar-refractivity contribution in [2.24, 2.45) is 0 Å². The molecule has 140 valence electrons. The maximum Gasteiger partial charge on any atom is 0.355 e. The molecule has 2 aromatic rings. The average molecular weight is 388 g/mol. The Bertz CT molecular complexity index is 851. The van der Waals surface area contributed by atoms with Gasteiger partial charge in [0.25, 0.3) is 5.91 Å². The van der Waals surface area contributed by atoms with Crippen molar-refractivity contribution in [2.45, 2.75) is 20.0 Å². The lowest BCUT2D eigenvalue weighted by atomic mass is 10.2. The topological polar surface area (TPSA) is 97.4 Å². The molecule has 0 bridgehead atoms. The molecule has 7 nitrogen and oxygen atoms in total. The first-order chi connectivity index (χ1) is 12.8. The van der Waals surface area contributed by atoms with Gasteiger partial charge in [-0.2, -0.15) is 0 Å². The van der Waals surface area contributed by atoms with Gasteiger partial charge in [-0.25, -0.2) is 9.78 Å². The van der Waals surface area contributed by atoms with Crippen LogP contribution in [0.2, 0.25) is 5.02 Å². The second kappa shape index (κ2) is 9.49. The number of aromatic nitrogens is 1. The number of benzene rings is 1. The zero-order valence-corrected chi connectivity index (χ0v) is 15.5. The van der Waals surface area contributed by atoms with Crippen LogP contribution in [-0.2, 0) is 19.1 Å². The summed E-state index contributed by atoms with van der Waals surface area (Å²) < 4.78 is 5.16. The van der Waals surface area contributed by atoms with Crippen LogP contribution in [0, 0.1) is 0 Å². The Hall–Kier alpha value is -3.19. The molecule has 0 radical (unpaired) electrons. The number of amides is 2. The van der Waals surface area contributed by atoms with E-state index < -0.39 is 23.9 Å². The Balaban J connectivity index is 2.06. The van der Waals surface area contributed by atoms with Crippen LogP contribution in [0.5, 0.6) is 0 Å². The minimum absolute atomic E-state index is 0.0713. The molecule has 0 saturated carbocycles. The van der Waals surface area contributed by atoms with E-state index in [9.17, 15) is 14.4 Å². The molecule has 0 aliphatic rings. The minimum atomic E-state index is -1.11. The quantitative estimate of drug-likeness (QED) is 0.586. The van der Waals surface area contributed by atoms with E-state index in [1.165, 1.54) is 32.2 Å². The van der Waals surface area contributed by atoms with E-state index in [4.69, 9.17) is 16.3 Å². The van der Waals surface area contributed by atoms with Gasteiger partial charge in [-0.15, -0.1) is 0 Å². The Morgan fingerprint density at radius 1 is 1.15 bits per heavy atom. The van der Waals surface area contributed by atoms with Crippen molar-refractivity contribution >= 4 is 41.3 Å². The summed E-state index contributed by atoms with van der Waals surface area (Å²) in [5, 5.41) is 5.36. The third-order valence-electron chi connectivity index (χ3n) is 3.27. The number of carbonyl (C=O) groups excluding carboxylic acids is 3. The largest absolute Gasteiger partial charge is 0.448 e. The summed E-state index contributed by atoms with van der Waals surface area (Å²) in [6.45, 7) is 2.69. The smallest absolute Gasteiger partial charge is 0.355 e. The van der Waals surface area contributed by atoms with Crippen molar-refractivity contribution in [3.8, 4) is 0 Å². The van der Waals surface area contributed by atoms with Crippen LogP contribution in [0.4, 0.5) is 5.82 Å². The summed E-state index contributed by atoms with van der Waals surface area (Å²) >= 11 is 5.74. The summed E-state index contributed by atoms with van der Waals surface area (Å²) in [5.74, 6) is -1.56. The molecule has 0 spiro atoms. The number of hydrogen-bond acceptors (Lipinski definition) is 5. The van der Waals surface area contributed by atoms with E-state index in [1.807, 2.05) is 6.07 Å². The molecule has 2 rings (SSSR count). The van der Waals surface area contributed by atoms with E-state index in [-0.39, 0.29) is 11.5 Å². The molecular formula is C19H18ClN3O4. The highest BCUT2D eigenvalue weighted by Crippen LogP contribution is 2.11. The maximum absolute atomic E-state index is 12.4. The Morgan fingerprint density at radius 2 is 1.85 bits per heavy atom. The first kappa shape index (κ1) is 20.1. The number of halogens is 1. The Kier molecular flexibility index (Phi) is 7.08. The molecular weight excluding hydrogens is 370 g/mol. The predicted octanol–water partition coefficient (Wildman–Crippen LogP) is 2.78. The fraction of sp³-hybridized carbons (Fsp3) is 0.158. The lowest BCUT2D eigenvalue weighted by Gasteiger charge is -2.15. The summed E-state index contributed by atoms with van der Waals surface area (Å²) in [5.41, 5.74) is 0.624. The van der Waals surface area contributed by atoms with Gasteiger partial charge in [-0.3, -0.25) is 9.59 Å². The standard InChI is InChI=1S/C19H18ClN3O4/c1-12(18(25)23-17-9-8-15(20)11-21-17)27-19(26)16(22-13(2)24)10-14-6-4-3-5-7-14/h3-12H,1-2H3,(H,22,24)(H,21,23,25)/b16-10-/t12-/m0/s1. The Labute approximate surface area is 161 Å². The van der Waals surface area contributed by atoms with Crippen molar-refractivity contribution in [3.63, 3.8) is 0 Å². The molecule has 1 heterocycles. The highest BCUT2D eigenvalue weighted by Gasteiger charge is 2.21. The number of ether oxygens (including phenoxy) is 1. The highest BCUT2D eigenvalue weighted by molar-refractivity contribution is 6.30. The van der Waals surface area contributed by atoms with E-state index in [1.54, 1.807) is 30.3 Å². The van der Waals surface area contributed by atoms with Gasteiger partial charge >= 0.3 is 5.97 Å².